The average molecular weight is 281 g/mol. The van der Waals surface area contributed by atoms with Gasteiger partial charge in [-0.1, -0.05) is 66.4 Å². The maximum Gasteiger partial charge on any atom is 0.173 e. The van der Waals surface area contributed by atoms with E-state index in [1.54, 1.807) is 11.8 Å². The summed E-state index contributed by atoms with van der Waals surface area (Å²) in [6.07, 6.45) is 0.993. The highest BCUT2D eigenvalue weighted by Crippen LogP contribution is 2.23. The van der Waals surface area contributed by atoms with Crippen molar-refractivity contribution in [3.8, 4) is 0 Å². The number of carbonyl (C=O) groups is 1. The second-order valence-corrected chi connectivity index (χ2v) is 5.64. The normalized spacial score (nSPS) is 13.5. The molecule has 2 nitrogen and oxygen atoms in total. The van der Waals surface area contributed by atoms with Gasteiger partial charge in [0.2, 0.25) is 0 Å². The Morgan fingerprint density at radius 1 is 1.05 bits per heavy atom. The lowest BCUT2D eigenvalue weighted by atomic mass is 10.0. The van der Waals surface area contributed by atoms with Crippen molar-refractivity contribution in [1.82, 2.24) is 0 Å². The molecule has 0 radical (unpaired) electrons. The van der Waals surface area contributed by atoms with Crippen LogP contribution in [0.4, 0.5) is 0 Å². The predicted octanol–water partition coefficient (Wildman–Crippen LogP) is 3.61. The fourth-order valence-corrected chi connectivity index (χ4v) is 3.25. The van der Waals surface area contributed by atoms with Crippen molar-refractivity contribution in [2.45, 2.75) is 6.42 Å². The van der Waals surface area contributed by atoms with Gasteiger partial charge in [0.15, 0.2) is 5.78 Å². The van der Waals surface area contributed by atoms with E-state index in [1.165, 1.54) is 11.1 Å². The number of ketones is 1. The summed E-state index contributed by atoms with van der Waals surface area (Å²) in [5.41, 5.74) is 3.28. The first-order chi connectivity index (χ1) is 9.84. The molecule has 1 aliphatic rings. The van der Waals surface area contributed by atoms with Crippen LogP contribution in [0.1, 0.15) is 21.5 Å². The van der Waals surface area contributed by atoms with Crippen LogP contribution in [0.3, 0.4) is 0 Å². The van der Waals surface area contributed by atoms with Crippen molar-refractivity contribution in [2.24, 2.45) is 4.99 Å². The molecular formula is C17H15NOS. The summed E-state index contributed by atoms with van der Waals surface area (Å²) in [7, 11) is 0. The van der Waals surface area contributed by atoms with Crippen molar-refractivity contribution in [3.05, 3.63) is 71.3 Å². The zero-order valence-corrected chi connectivity index (χ0v) is 11.9. The van der Waals surface area contributed by atoms with Gasteiger partial charge in [-0.25, -0.2) is 0 Å². The smallest absolute Gasteiger partial charge is 0.173 e. The van der Waals surface area contributed by atoms with E-state index in [0.717, 1.165) is 23.6 Å². The van der Waals surface area contributed by atoms with E-state index in [0.29, 0.717) is 5.75 Å². The Balaban J connectivity index is 1.70. The molecule has 3 heteroatoms. The van der Waals surface area contributed by atoms with Gasteiger partial charge < -0.3 is 0 Å². The van der Waals surface area contributed by atoms with Crippen LogP contribution in [-0.2, 0) is 6.42 Å². The van der Waals surface area contributed by atoms with Crippen LogP contribution < -0.4 is 0 Å². The molecular weight excluding hydrogens is 266 g/mol. The highest BCUT2D eigenvalue weighted by Gasteiger charge is 2.15. The SMILES string of the molecule is O=C(CSC1=NCCc2ccccc21)c1ccccc1. The van der Waals surface area contributed by atoms with Gasteiger partial charge in [0.25, 0.3) is 0 Å². The topological polar surface area (TPSA) is 29.4 Å². The van der Waals surface area contributed by atoms with Gasteiger partial charge >= 0.3 is 0 Å². The number of rotatable bonds is 3. The molecule has 0 amide bonds. The van der Waals surface area contributed by atoms with Crippen LogP contribution in [0.25, 0.3) is 0 Å². The number of hydrogen-bond acceptors (Lipinski definition) is 3. The Bertz CT molecular complexity index is 649. The van der Waals surface area contributed by atoms with E-state index in [1.807, 2.05) is 36.4 Å². The van der Waals surface area contributed by atoms with Crippen LogP contribution in [-0.4, -0.2) is 23.1 Å². The first-order valence-corrected chi connectivity index (χ1v) is 7.67. The van der Waals surface area contributed by atoms with Crippen LogP contribution in [0.2, 0.25) is 0 Å². The Labute approximate surface area is 122 Å². The molecule has 2 aromatic carbocycles. The van der Waals surface area contributed by atoms with Gasteiger partial charge in [-0.05, 0) is 12.0 Å². The maximum absolute atomic E-state index is 12.1. The van der Waals surface area contributed by atoms with Gasteiger partial charge in [0.1, 0.15) is 0 Å². The van der Waals surface area contributed by atoms with Crippen LogP contribution in [0, 0.1) is 0 Å². The van der Waals surface area contributed by atoms with Crippen molar-refractivity contribution in [2.75, 3.05) is 12.3 Å². The third-order valence-corrected chi connectivity index (χ3v) is 4.35. The van der Waals surface area contributed by atoms with Gasteiger partial charge in [-0.2, -0.15) is 0 Å². The molecule has 0 unspecified atom stereocenters. The summed E-state index contributed by atoms with van der Waals surface area (Å²) in [4.78, 5) is 16.7. The van der Waals surface area contributed by atoms with E-state index >= 15 is 0 Å². The molecule has 1 heterocycles. The second-order valence-electron chi connectivity index (χ2n) is 4.67. The molecule has 2 aromatic rings. The molecule has 0 saturated heterocycles. The highest BCUT2D eigenvalue weighted by atomic mass is 32.2. The third kappa shape index (κ3) is 2.83. The molecule has 0 aliphatic carbocycles. The monoisotopic (exact) mass is 281 g/mol. The standard InChI is InChI=1S/C17H15NOS/c19-16(14-7-2-1-3-8-14)12-20-17-15-9-5-4-6-13(15)10-11-18-17/h1-9H,10-12H2. The lowest BCUT2D eigenvalue weighted by molar-refractivity contribution is 0.102. The Morgan fingerprint density at radius 3 is 2.65 bits per heavy atom. The summed E-state index contributed by atoms with van der Waals surface area (Å²) in [6.45, 7) is 0.818. The lowest BCUT2D eigenvalue weighted by Gasteiger charge is -2.15. The minimum atomic E-state index is 0.154. The van der Waals surface area contributed by atoms with Gasteiger partial charge in [-0.3, -0.25) is 9.79 Å². The molecule has 20 heavy (non-hydrogen) atoms. The molecule has 0 aromatic heterocycles. The first-order valence-electron chi connectivity index (χ1n) is 6.68. The molecule has 0 atom stereocenters. The van der Waals surface area contributed by atoms with Crippen molar-refractivity contribution in [3.63, 3.8) is 0 Å². The van der Waals surface area contributed by atoms with Crippen molar-refractivity contribution < 1.29 is 4.79 Å². The summed E-state index contributed by atoms with van der Waals surface area (Å²) in [6, 6.07) is 17.7. The minimum absolute atomic E-state index is 0.154. The van der Waals surface area contributed by atoms with E-state index in [-0.39, 0.29) is 5.78 Å². The number of carbonyl (C=O) groups excluding carboxylic acids is 1. The molecule has 0 saturated carbocycles. The molecule has 100 valence electrons. The average Bonchev–Trinajstić information content (AvgIpc) is 2.53. The molecule has 0 bridgehead atoms. The van der Waals surface area contributed by atoms with Crippen molar-refractivity contribution >= 4 is 22.6 Å². The zero-order chi connectivity index (χ0) is 13.8. The van der Waals surface area contributed by atoms with E-state index in [4.69, 9.17) is 0 Å². The minimum Gasteiger partial charge on any atom is -0.293 e. The maximum atomic E-state index is 12.1. The fraction of sp³-hybridized carbons (Fsp3) is 0.176. The van der Waals surface area contributed by atoms with Crippen LogP contribution in [0.15, 0.2) is 59.6 Å². The number of thioether (sulfide) groups is 1. The molecule has 0 N–H and O–H groups in total. The van der Waals surface area contributed by atoms with E-state index < -0.39 is 0 Å². The molecule has 3 rings (SSSR count). The number of fused-ring (bicyclic) bond motifs is 1. The summed E-state index contributed by atoms with van der Waals surface area (Å²) < 4.78 is 0. The Hall–Kier alpha value is -1.87. The third-order valence-electron chi connectivity index (χ3n) is 3.32. The number of hydrogen-bond donors (Lipinski definition) is 0. The molecule has 0 spiro atoms. The lowest BCUT2D eigenvalue weighted by Crippen LogP contribution is -2.12. The largest absolute Gasteiger partial charge is 0.293 e. The predicted molar refractivity (Wildman–Crippen MR) is 84.8 cm³/mol. The number of nitrogens with zero attached hydrogens (tertiary/aromatic N) is 1. The Kier molecular flexibility index (Phi) is 3.97. The Morgan fingerprint density at radius 2 is 1.80 bits per heavy atom. The number of benzene rings is 2. The van der Waals surface area contributed by atoms with Gasteiger partial charge in [0, 0.05) is 17.7 Å². The van der Waals surface area contributed by atoms with Gasteiger partial charge in [-0.15, -0.1) is 0 Å². The molecule has 0 fully saturated rings. The van der Waals surface area contributed by atoms with Crippen molar-refractivity contribution in [1.29, 1.82) is 0 Å². The summed E-state index contributed by atoms with van der Waals surface area (Å²) >= 11 is 1.54. The second kappa shape index (κ2) is 6.06. The number of aliphatic imine (C=N–C) groups is 1. The van der Waals surface area contributed by atoms with Crippen LogP contribution in [0.5, 0.6) is 0 Å². The van der Waals surface area contributed by atoms with Crippen LogP contribution >= 0.6 is 11.8 Å². The highest BCUT2D eigenvalue weighted by molar-refractivity contribution is 8.15. The summed E-state index contributed by atoms with van der Waals surface area (Å²) in [5, 5.41) is 0.996. The fourth-order valence-electron chi connectivity index (χ4n) is 2.27. The first kappa shape index (κ1) is 13.1. The van der Waals surface area contributed by atoms with E-state index in [2.05, 4.69) is 23.2 Å². The number of Topliss-reactive ketones (excluding diaryl/α,β-unsaturated/α-hetero) is 1. The van der Waals surface area contributed by atoms with Gasteiger partial charge in [0.05, 0.1) is 10.8 Å². The zero-order valence-electron chi connectivity index (χ0n) is 11.1. The van der Waals surface area contributed by atoms with E-state index in [9.17, 15) is 4.79 Å². The molecule has 1 aliphatic heterocycles. The quantitative estimate of drug-likeness (QED) is 0.804. The summed E-state index contributed by atoms with van der Waals surface area (Å²) in [5.74, 6) is 0.596.